The number of non-ortho nitro benzene ring substituents is 1. The zero-order valence-corrected chi connectivity index (χ0v) is 20.9. The predicted molar refractivity (Wildman–Crippen MR) is 137 cm³/mol. The highest BCUT2D eigenvalue weighted by atomic mass is 16.6. The van der Waals surface area contributed by atoms with E-state index in [9.17, 15) is 24.5 Å². The lowest BCUT2D eigenvalue weighted by atomic mass is 10.1. The van der Waals surface area contributed by atoms with E-state index in [0.29, 0.717) is 6.42 Å². The minimum absolute atomic E-state index is 0.00265. The standard InChI is InChI=1S/C26H26N4O8/c1-18(31)38-22-14-27(13-12-19-8-10-21(11-9-19)30(34)35)24-23(22)25(32)29(16-36-2)26(33)28(24)17-37-15-20-6-4-3-5-7-20/h3-11,14H,12-13,15-17H2,1-2H3. The number of rotatable bonds is 11. The number of esters is 1. The van der Waals surface area contributed by atoms with Crippen LogP contribution >= 0.6 is 0 Å². The van der Waals surface area contributed by atoms with E-state index in [0.717, 1.165) is 15.7 Å². The summed E-state index contributed by atoms with van der Waals surface area (Å²) in [5.41, 5.74) is 0.571. The van der Waals surface area contributed by atoms with Gasteiger partial charge in [0.1, 0.15) is 24.5 Å². The lowest BCUT2D eigenvalue weighted by molar-refractivity contribution is -0.384. The molecule has 2 heterocycles. The Labute approximate surface area is 216 Å². The molecule has 0 fully saturated rings. The first-order chi connectivity index (χ1) is 18.3. The topological polar surface area (TPSA) is 137 Å². The summed E-state index contributed by atoms with van der Waals surface area (Å²) in [5.74, 6) is -0.627. The van der Waals surface area contributed by atoms with E-state index in [1.165, 1.54) is 36.9 Å². The molecule has 38 heavy (non-hydrogen) atoms. The van der Waals surface area contributed by atoms with Crippen LogP contribution in [-0.4, -0.2) is 31.7 Å². The van der Waals surface area contributed by atoms with E-state index in [1.54, 1.807) is 16.7 Å². The lowest BCUT2D eigenvalue weighted by Gasteiger charge is -2.15. The number of aryl methyl sites for hydroxylation is 2. The predicted octanol–water partition coefficient (Wildman–Crippen LogP) is 2.82. The number of hydrogen-bond acceptors (Lipinski definition) is 8. The minimum atomic E-state index is -0.670. The zero-order valence-electron chi connectivity index (χ0n) is 20.9. The van der Waals surface area contributed by atoms with Gasteiger partial charge in [-0.15, -0.1) is 0 Å². The van der Waals surface area contributed by atoms with Gasteiger partial charge in [-0.1, -0.05) is 42.5 Å². The third-order valence-electron chi connectivity index (χ3n) is 5.82. The van der Waals surface area contributed by atoms with Gasteiger partial charge in [-0.25, -0.2) is 9.36 Å². The Morgan fingerprint density at radius 1 is 0.974 bits per heavy atom. The SMILES string of the molecule is COCn1c(=O)c2c(OC(C)=O)cn(CCc3ccc([N+](=O)[O-])cc3)c2n(COCc2ccccc2)c1=O. The highest BCUT2D eigenvalue weighted by molar-refractivity contribution is 5.86. The highest BCUT2D eigenvalue weighted by Gasteiger charge is 2.23. The molecule has 0 saturated carbocycles. The third-order valence-corrected chi connectivity index (χ3v) is 5.82. The normalized spacial score (nSPS) is 11.1. The van der Waals surface area contributed by atoms with Crippen molar-refractivity contribution in [1.29, 1.82) is 0 Å². The number of aromatic nitrogens is 3. The number of nitrogens with zero attached hydrogens (tertiary/aromatic N) is 4. The van der Waals surface area contributed by atoms with Gasteiger partial charge in [-0.2, -0.15) is 0 Å². The summed E-state index contributed by atoms with van der Waals surface area (Å²) in [6, 6.07) is 15.5. The van der Waals surface area contributed by atoms with Crippen LogP contribution in [0.25, 0.3) is 11.0 Å². The van der Waals surface area contributed by atoms with Crippen LogP contribution < -0.4 is 16.0 Å². The largest absolute Gasteiger partial charge is 0.424 e. The Balaban J connectivity index is 1.78. The van der Waals surface area contributed by atoms with Gasteiger partial charge in [-0.3, -0.25) is 24.3 Å². The van der Waals surface area contributed by atoms with E-state index < -0.39 is 22.1 Å². The third kappa shape index (κ3) is 5.71. The summed E-state index contributed by atoms with van der Waals surface area (Å²) in [4.78, 5) is 49.0. The first-order valence-corrected chi connectivity index (χ1v) is 11.7. The van der Waals surface area contributed by atoms with Crippen molar-refractivity contribution in [3.8, 4) is 5.75 Å². The number of ether oxygens (including phenoxy) is 3. The van der Waals surface area contributed by atoms with Gasteiger partial charge in [0.25, 0.3) is 11.2 Å². The molecule has 0 amide bonds. The quantitative estimate of drug-likeness (QED) is 0.167. The molecule has 0 saturated heterocycles. The Hall–Kier alpha value is -4.55. The smallest absolute Gasteiger partial charge is 0.336 e. The van der Waals surface area contributed by atoms with Gasteiger partial charge in [0.15, 0.2) is 5.75 Å². The molecular formula is C26H26N4O8. The molecule has 0 aliphatic carbocycles. The molecule has 0 bridgehead atoms. The maximum atomic E-state index is 13.4. The molecule has 0 radical (unpaired) electrons. The summed E-state index contributed by atoms with van der Waals surface area (Å²) in [5, 5.41) is 11.0. The summed E-state index contributed by atoms with van der Waals surface area (Å²) >= 11 is 0. The van der Waals surface area contributed by atoms with Gasteiger partial charge >= 0.3 is 11.7 Å². The molecule has 2 aromatic heterocycles. The minimum Gasteiger partial charge on any atom is -0.424 e. The van der Waals surface area contributed by atoms with Crippen LogP contribution in [0.5, 0.6) is 5.75 Å². The van der Waals surface area contributed by atoms with E-state index >= 15 is 0 Å². The molecule has 12 heteroatoms. The molecule has 198 valence electrons. The average Bonchev–Trinajstić information content (AvgIpc) is 3.25. The van der Waals surface area contributed by atoms with Gasteiger partial charge in [0, 0.05) is 38.9 Å². The van der Waals surface area contributed by atoms with Crippen molar-refractivity contribution < 1.29 is 23.9 Å². The molecule has 0 spiro atoms. The van der Waals surface area contributed by atoms with Crippen LogP contribution in [-0.2, 0) is 47.3 Å². The number of nitro groups is 1. The second-order valence-corrected chi connectivity index (χ2v) is 8.48. The molecule has 4 rings (SSSR count). The maximum absolute atomic E-state index is 13.4. The summed E-state index contributed by atoms with van der Waals surface area (Å²) < 4.78 is 20.1. The Kier molecular flexibility index (Phi) is 8.14. The second-order valence-electron chi connectivity index (χ2n) is 8.48. The van der Waals surface area contributed by atoms with Crippen LogP contribution in [0.3, 0.4) is 0 Å². The molecule has 0 N–H and O–H groups in total. The molecule has 0 unspecified atom stereocenters. The van der Waals surface area contributed by atoms with Gasteiger partial charge in [0.2, 0.25) is 0 Å². The fraction of sp³-hybridized carbons (Fsp3) is 0.269. The first kappa shape index (κ1) is 26.5. The average molecular weight is 523 g/mol. The molecule has 0 aliphatic heterocycles. The van der Waals surface area contributed by atoms with Crippen molar-refractivity contribution in [3.05, 3.63) is 103 Å². The van der Waals surface area contributed by atoms with Crippen molar-refractivity contribution in [2.24, 2.45) is 0 Å². The monoisotopic (exact) mass is 522 g/mol. The molecule has 2 aromatic carbocycles. The molecular weight excluding hydrogens is 496 g/mol. The van der Waals surface area contributed by atoms with Gasteiger partial charge in [0.05, 0.1) is 11.5 Å². The number of benzene rings is 2. The number of carbonyl (C=O) groups is 1. The number of carbonyl (C=O) groups excluding carboxylic acids is 1. The fourth-order valence-corrected chi connectivity index (χ4v) is 4.10. The second kappa shape index (κ2) is 11.7. The number of fused-ring (bicyclic) bond motifs is 1. The van der Waals surface area contributed by atoms with Crippen molar-refractivity contribution in [2.45, 2.75) is 40.0 Å². The van der Waals surface area contributed by atoms with Crippen molar-refractivity contribution >= 4 is 22.7 Å². The molecule has 0 atom stereocenters. The van der Waals surface area contributed by atoms with Crippen LogP contribution in [0.1, 0.15) is 18.1 Å². The maximum Gasteiger partial charge on any atom is 0.336 e. The van der Waals surface area contributed by atoms with Crippen molar-refractivity contribution in [1.82, 2.24) is 13.7 Å². The number of methoxy groups -OCH3 is 1. The number of hydrogen-bond donors (Lipinski definition) is 0. The Morgan fingerprint density at radius 2 is 1.68 bits per heavy atom. The molecule has 12 nitrogen and oxygen atoms in total. The molecule has 4 aromatic rings. The van der Waals surface area contributed by atoms with E-state index in [1.807, 2.05) is 30.3 Å². The summed E-state index contributed by atoms with van der Waals surface area (Å²) in [6.07, 6.45) is 1.91. The first-order valence-electron chi connectivity index (χ1n) is 11.7. The van der Waals surface area contributed by atoms with Crippen molar-refractivity contribution in [3.63, 3.8) is 0 Å². The summed E-state index contributed by atoms with van der Waals surface area (Å²) in [6.45, 7) is 1.22. The van der Waals surface area contributed by atoms with Gasteiger partial charge < -0.3 is 18.8 Å². The lowest BCUT2D eigenvalue weighted by Crippen LogP contribution is -2.41. The van der Waals surface area contributed by atoms with E-state index in [4.69, 9.17) is 14.2 Å². The highest BCUT2D eigenvalue weighted by Crippen LogP contribution is 2.26. The van der Waals surface area contributed by atoms with E-state index in [2.05, 4.69) is 0 Å². The van der Waals surface area contributed by atoms with Crippen molar-refractivity contribution in [2.75, 3.05) is 7.11 Å². The van der Waals surface area contributed by atoms with Gasteiger partial charge in [-0.05, 0) is 17.5 Å². The Morgan fingerprint density at radius 3 is 2.32 bits per heavy atom. The van der Waals surface area contributed by atoms with E-state index in [-0.39, 0.29) is 49.1 Å². The van der Waals surface area contributed by atoms with Crippen LogP contribution in [0.4, 0.5) is 5.69 Å². The number of nitro benzene ring substituents is 1. The fourth-order valence-electron chi connectivity index (χ4n) is 4.10. The summed E-state index contributed by atoms with van der Waals surface area (Å²) in [7, 11) is 1.36. The van der Waals surface area contributed by atoms with Crippen LogP contribution in [0, 0.1) is 10.1 Å². The Bertz CT molecular complexity index is 1570. The van der Waals surface area contributed by atoms with Crippen LogP contribution in [0.15, 0.2) is 70.4 Å². The zero-order chi connectivity index (χ0) is 27.2. The molecule has 0 aliphatic rings. The van der Waals surface area contributed by atoms with Crippen LogP contribution in [0.2, 0.25) is 0 Å².